The molecular formula is C15H20OS2. The molecule has 0 bridgehead atoms. The van der Waals surface area contributed by atoms with Crippen LogP contribution in [0.1, 0.15) is 53.3 Å². The number of aryl methyl sites for hydroxylation is 1. The lowest BCUT2D eigenvalue weighted by Crippen LogP contribution is -2.07. The first-order valence-electron chi connectivity index (χ1n) is 6.28. The normalized spacial score (nSPS) is 13.8. The lowest BCUT2D eigenvalue weighted by Gasteiger charge is -2.15. The van der Waals surface area contributed by atoms with E-state index in [0.29, 0.717) is 0 Å². The topological polar surface area (TPSA) is 20.2 Å². The molecule has 0 spiro atoms. The largest absolute Gasteiger partial charge is 0.382 e. The summed E-state index contributed by atoms with van der Waals surface area (Å²) in [6, 6.07) is 8.35. The molecule has 0 radical (unpaired) electrons. The molecule has 0 aliphatic carbocycles. The minimum Gasteiger partial charge on any atom is -0.382 e. The van der Waals surface area contributed by atoms with Crippen molar-refractivity contribution in [1.82, 2.24) is 0 Å². The molecule has 2 aromatic heterocycles. The lowest BCUT2D eigenvalue weighted by molar-refractivity contribution is 0.228. The summed E-state index contributed by atoms with van der Waals surface area (Å²) < 4.78 is 0. The van der Waals surface area contributed by atoms with Crippen molar-refractivity contribution in [2.45, 2.75) is 45.6 Å². The van der Waals surface area contributed by atoms with E-state index in [1.807, 2.05) is 6.07 Å². The van der Waals surface area contributed by atoms with Gasteiger partial charge in [-0.1, -0.05) is 27.7 Å². The Hall–Kier alpha value is -0.640. The van der Waals surface area contributed by atoms with Gasteiger partial charge in [-0.05, 0) is 36.1 Å². The molecule has 1 atom stereocenters. The molecule has 0 saturated carbocycles. The number of aliphatic hydroxyl groups excluding tert-OH is 1. The van der Waals surface area contributed by atoms with Gasteiger partial charge in [0.15, 0.2) is 0 Å². The van der Waals surface area contributed by atoms with Gasteiger partial charge in [-0.3, -0.25) is 0 Å². The van der Waals surface area contributed by atoms with E-state index in [4.69, 9.17) is 0 Å². The third-order valence-corrected chi connectivity index (χ3v) is 5.78. The highest BCUT2D eigenvalue weighted by Crippen LogP contribution is 2.36. The molecule has 0 aromatic carbocycles. The van der Waals surface area contributed by atoms with Crippen LogP contribution < -0.4 is 0 Å². The monoisotopic (exact) mass is 280 g/mol. The van der Waals surface area contributed by atoms with E-state index in [9.17, 15) is 5.11 Å². The van der Waals surface area contributed by atoms with Crippen molar-refractivity contribution in [3.05, 3.63) is 43.8 Å². The van der Waals surface area contributed by atoms with Gasteiger partial charge in [-0.25, -0.2) is 0 Å². The minimum atomic E-state index is -0.462. The Balaban J connectivity index is 2.23. The van der Waals surface area contributed by atoms with E-state index in [0.717, 1.165) is 16.2 Å². The number of rotatable bonds is 3. The van der Waals surface area contributed by atoms with Gasteiger partial charge in [0.05, 0.1) is 0 Å². The van der Waals surface area contributed by atoms with Crippen molar-refractivity contribution < 1.29 is 5.11 Å². The zero-order valence-electron chi connectivity index (χ0n) is 11.4. The van der Waals surface area contributed by atoms with Gasteiger partial charge in [-0.15, -0.1) is 22.7 Å². The molecule has 1 unspecified atom stereocenters. The molecule has 3 heteroatoms. The quantitative estimate of drug-likeness (QED) is 0.860. The van der Waals surface area contributed by atoms with Gasteiger partial charge in [0, 0.05) is 19.5 Å². The molecule has 2 aromatic rings. The van der Waals surface area contributed by atoms with Crippen LogP contribution in [0.5, 0.6) is 0 Å². The molecule has 2 heterocycles. The molecule has 0 fully saturated rings. The fourth-order valence-corrected chi connectivity index (χ4v) is 3.88. The average molecular weight is 280 g/mol. The number of thiophene rings is 2. The molecule has 18 heavy (non-hydrogen) atoms. The molecule has 2 rings (SSSR count). The molecule has 1 nitrogen and oxygen atoms in total. The predicted molar refractivity (Wildman–Crippen MR) is 80.8 cm³/mol. The van der Waals surface area contributed by atoms with Crippen molar-refractivity contribution in [2.24, 2.45) is 0 Å². The van der Waals surface area contributed by atoms with Crippen LogP contribution in [-0.2, 0) is 11.8 Å². The zero-order chi connectivity index (χ0) is 13.3. The Bertz CT molecular complexity index is 517. The third kappa shape index (κ3) is 2.85. The molecule has 0 saturated heterocycles. The van der Waals surface area contributed by atoms with Gasteiger partial charge in [0.2, 0.25) is 0 Å². The molecule has 0 aliphatic rings. The van der Waals surface area contributed by atoms with E-state index in [2.05, 4.69) is 45.9 Å². The lowest BCUT2D eigenvalue weighted by atomic mass is 9.95. The van der Waals surface area contributed by atoms with Crippen LogP contribution in [0.2, 0.25) is 0 Å². The number of hydrogen-bond acceptors (Lipinski definition) is 3. The van der Waals surface area contributed by atoms with Crippen LogP contribution in [0.15, 0.2) is 24.3 Å². The van der Waals surface area contributed by atoms with E-state index in [1.54, 1.807) is 22.7 Å². The van der Waals surface area contributed by atoms with Gasteiger partial charge < -0.3 is 5.11 Å². The minimum absolute atomic E-state index is 0.159. The smallest absolute Gasteiger partial charge is 0.122 e. The van der Waals surface area contributed by atoms with Crippen LogP contribution in [0.25, 0.3) is 0 Å². The van der Waals surface area contributed by atoms with E-state index < -0.39 is 6.10 Å². The van der Waals surface area contributed by atoms with E-state index >= 15 is 0 Å². The molecule has 0 aliphatic heterocycles. The Morgan fingerprint density at radius 1 is 1.06 bits per heavy atom. The summed E-state index contributed by atoms with van der Waals surface area (Å²) in [5.41, 5.74) is 0.159. The fourth-order valence-electron chi connectivity index (χ4n) is 1.77. The maximum atomic E-state index is 10.4. The summed E-state index contributed by atoms with van der Waals surface area (Å²) in [5, 5.41) is 10.4. The Morgan fingerprint density at radius 2 is 1.67 bits per heavy atom. The highest BCUT2D eigenvalue weighted by atomic mass is 32.1. The molecule has 0 amide bonds. The molecule has 1 N–H and O–H groups in total. The Kier molecular flexibility index (Phi) is 3.95. The summed E-state index contributed by atoms with van der Waals surface area (Å²) in [4.78, 5) is 4.75. The highest BCUT2D eigenvalue weighted by molar-refractivity contribution is 7.13. The Morgan fingerprint density at radius 3 is 2.17 bits per heavy atom. The maximum absolute atomic E-state index is 10.4. The van der Waals surface area contributed by atoms with E-state index in [-0.39, 0.29) is 5.41 Å². The molecular weight excluding hydrogens is 260 g/mol. The van der Waals surface area contributed by atoms with Crippen molar-refractivity contribution in [3.8, 4) is 0 Å². The summed E-state index contributed by atoms with van der Waals surface area (Å²) in [5.74, 6) is 0. The van der Waals surface area contributed by atoms with Crippen LogP contribution in [0, 0.1) is 0 Å². The number of aliphatic hydroxyl groups is 1. The second kappa shape index (κ2) is 5.16. The number of hydrogen-bond donors (Lipinski definition) is 1. The van der Waals surface area contributed by atoms with Crippen molar-refractivity contribution in [3.63, 3.8) is 0 Å². The first-order valence-corrected chi connectivity index (χ1v) is 7.92. The predicted octanol–water partition coefficient (Wildman–Crippen LogP) is 4.75. The van der Waals surface area contributed by atoms with Gasteiger partial charge in [0.1, 0.15) is 6.10 Å². The van der Waals surface area contributed by atoms with Crippen molar-refractivity contribution >= 4 is 22.7 Å². The fraction of sp³-hybridized carbons (Fsp3) is 0.467. The molecule has 98 valence electrons. The third-order valence-electron chi connectivity index (χ3n) is 2.94. The van der Waals surface area contributed by atoms with Gasteiger partial charge in [0.25, 0.3) is 0 Å². The summed E-state index contributed by atoms with van der Waals surface area (Å²) in [7, 11) is 0. The second-order valence-electron chi connectivity index (χ2n) is 5.51. The van der Waals surface area contributed by atoms with Crippen LogP contribution in [-0.4, -0.2) is 5.11 Å². The zero-order valence-corrected chi connectivity index (χ0v) is 13.0. The highest BCUT2D eigenvalue weighted by Gasteiger charge is 2.20. The average Bonchev–Trinajstić information content (AvgIpc) is 2.96. The Labute approximate surface area is 117 Å². The van der Waals surface area contributed by atoms with Crippen LogP contribution >= 0.6 is 22.7 Å². The summed E-state index contributed by atoms with van der Waals surface area (Å²) >= 11 is 3.43. The SMILES string of the molecule is CCc1ccc(C(O)c2ccc(C(C)(C)C)s2)s1. The second-order valence-corrected chi connectivity index (χ2v) is 7.83. The summed E-state index contributed by atoms with van der Waals surface area (Å²) in [6.07, 6.45) is 0.575. The first-order chi connectivity index (χ1) is 8.41. The summed E-state index contributed by atoms with van der Waals surface area (Å²) in [6.45, 7) is 8.75. The standard InChI is InChI=1S/C15H20OS2/c1-5-10-6-7-11(17-10)14(16)12-8-9-13(18-12)15(2,3)4/h6-9,14,16H,5H2,1-4H3. The van der Waals surface area contributed by atoms with Gasteiger partial charge >= 0.3 is 0 Å². The van der Waals surface area contributed by atoms with Crippen molar-refractivity contribution in [1.29, 1.82) is 0 Å². The van der Waals surface area contributed by atoms with E-state index in [1.165, 1.54) is 9.75 Å². The van der Waals surface area contributed by atoms with Crippen LogP contribution in [0.3, 0.4) is 0 Å². The van der Waals surface area contributed by atoms with Crippen molar-refractivity contribution in [2.75, 3.05) is 0 Å². The maximum Gasteiger partial charge on any atom is 0.122 e. The van der Waals surface area contributed by atoms with Gasteiger partial charge in [-0.2, -0.15) is 0 Å². The van der Waals surface area contributed by atoms with Crippen LogP contribution in [0.4, 0.5) is 0 Å². The first kappa shape index (κ1) is 13.8.